The van der Waals surface area contributed by atoms with Gasteiger partial charge >= 0.3 is 11.9 Å². The zero-order valence-electron chi connectivity index (χ0n) is 28.4. The van der Waals surface area contributed by atoms with Crippen molar-refractivity contribution in [3.05, 3.63) is 48.5 Å². The second-order valence-electron chi connectivity index (χ2n) is 11.7. The molecule has 1 aliphatic rings. The Morgan fingerprint density at radius 2 is 1.36 bits per heavy atom. The lowest BCUT2D eigenvalue weighted by Crippen LogP contribution is -2.40. The summed E-state index contributed by atoms with van der Waals surface area (Å²) in [5.74, 6) is -6.38. The van der Waals surface area contributed by atoms with Crippen molar-refractivity contribution in [2.45, 2.75) is 43.4 Å². The third-order valence-corrected chi connectivity index (χ3v) is 8.74. The molecule has 1 aliphatic heterocycles. The molecule has 2 aromatic carbocycles. The maximum absolute atomic E-state index is 12.4. The number of aliphatic hydroxyl groups is 1. The fraction of sp³-hybridized carbons (Fsp3) is 0.394. The SMILES string of the molecule is NC(CC(CCCC(=O)NCC(=O)NCC(=O)Nc1ccc(/N=N/c2ccc(NC(=O)CN3C(=O)CC(SCCO)C3=O)cc2)cc1)C(=O)O)C(=O)O. The summed E-state index contributed by atoms with van der Waals surface area (Å²) in [6.45, 7) is -1.33. The van der Waals surface area contributed by atoms with E-state index in [9.17, 15) is 43.5 Å². The highest BCUT2D eigenvalue weighted by molar-refractivity contribution is 8.00. The lowest BCUT2D eigenvalue weighted by molar-refractivity contribution is -0.144. The molecule has 53 heavy (non-hydrogen) atoms. The number of amides is 6. The Balaban J connectivity index is 1.34. The summed E-state index contributed by atoms with van der Waals surface area (Å²) >= 11 is 1.17. The molecule has 3 rings (SSSR count). The van der Waals surface area contributed by atoms with Gasteiger partial charge in [0.1, 0.15) is 12.6 Å². The molecule has 9 N–H and O–H groups in total. The number of nitrogens with one attached hydrogen (secondary N) is 4. The number of thioether (sulfide) groups is 1. The highest BCUT2D eigenvalue weighted by atomic mass is 32.2. The van der Waals surface area contributed by atoms with Crippen molar-refractivity contribution in [1.29, 1.82) is 0 Å². The average Bonchev–Trinajstić information content (AvgIpc) is 3.39. The Morgan fingerprint density at radius 1 is 0.811 bits per heavy atom. The van der Waals surface area contributed by atoms with Crippen LogP contribution in [0.2, 0.25) is 0 Å². The average molecular weight is 757 g/mol. The van der Waals surface area contributed by atoms with Crippen LogP contribution in [0.3, 0.4) is 0 Å². The number of benzene rings is 2. The molecule has 1 heterocycles. The standard InChI is InChI=1S/C33H40N8O11S/c34-24(33(51)52)14-19(32(49)50)2-1-3-26(43)35-16-27(44)36-17-28(45)37-20-4-8-22(9-5-20)39-40-23-10-6-21(7-11-23)38-29(46)18-41-30(47)15-25(31(41)48)53-13-12-42/h4-11,19,24-25,42H,1-3,12-18,34H2,(H,35,43)(H,36,44)(H,37,45)(H,38,46)(H,49,50)(H,51,52)/b40-39+. The number of likely N-dealkylation sites (tertiary alicyclic amines) is 1. The molecule has 0 bridgehead atoms. The Hall–Kier alpha value is -5.73. The van der Waals surface area contributed by atoms with Crippen LogP contribution in [-0.4, -0.2) is 111 Å². The Labute approximate surface area is 307 Å². The Morgan fingerprint density at radius 3 is 1.91 bits per heavy atom. The number of carboxylic acid groups (broad SMARTS) is 2. The molecule has 0 spiro atoms. The summed E-state index contributed by atoms with van der Waals surface area (Å²) in [5.41, 5.74) is 7.15. The van der Waals surface area contributed by atoms with Gasteiger partial charge in [-0.25, -0.2) is 0 Å². The molecular weight excluding hydrogens is 716 g/mol. The lowest BCUT2D eigenvalue weighted by atomic mass is 9.94. The van der Waals surface area contributed by atoms with E-state index in [4.69, 9.17) is 15.9 Å². The van der Waals surface area contributed by atoms with Gasteiger partial charge in [0, 0.05) is 30.0 Å². The van der Waals surface area contributed by atoms with Gasteiger partial charge in [-0.1, -0.05) is 0 Å². The third kappa shape index (κ3) is 14.4. The minimum atomic E-state index is -1.33. The van der Waals surface area contributed by atoms with E-state index in [0.717, 1.165) is 4.90 Å². The number of hydrogen-bond donors (Lipinski definition) is 8. The first-order valence-corrected chi connectivity index (χ1v) is 17.3. The highest BCUT2D eigenvalue weighted by Crippen LogP contribution is 2.25. The predicted molar refractivity (Wildman–Crippen MR) is 190 cm³/mol. The summed E-state index contributed by atoms with van der Waals surface area (Å²) in [7, 11) is 0. The summed E-state index contributed by atoms with van der Waals surface area (Å²) in [6, 6.07) is 11.3. The number of aliphatic carboxylic acids is 2. The van der Waals surface area contributed by atoms with Gasteiger partial charge in [0.15, 0.2) is 0 Å². The monoisotopic (exact) mass is 756 g/mol. The molecule has 1 fully saturated rings. The lowest BCUT2D eigenvalue weighted by Gasteiger charge is -2.14. The van der Waals surface area contributed by atoms with Crippen molar-refractivity contribution in [1.82, 2.24) is 15.5 Å². The van der Waals surface area contributed by atoms with Crippen LogP contribution in [0.15, 0.2) is 58.8 Å². The molecule has 3 unspecified atom stereocenters. The van der Waals surface area contributed by atoms with Crippen molar-refractivity contribution in [3.8, 4) is 0 Å². The molecule has 0 radical (unpaired) electrons. The van der Waals surface area contributed by atoms with Crippen LogP contribution in [0.5, 0.6) is 0 Å². The second-order valence-corrected chi connectivity index (χ2v) is 13.0. The number of carbonyl (C=O) groups excluding carboxylic acids is 6. The van der Waals surface area contributed by atoms with Crippen molar-refractivity contribution in [2.24, 2.45) is 21.9 Å². The topological polar surface area (TPSA) is 299 Å². The number of azo groups is 1. The molecule has 6 amide bonds. The predicted octanol–water partition coefficient (Wildman–Crippen LogP) is 0.738. The zero-order chi connectivity index (χ0) is 38.9. The van der Waals surface area contributed by atoms with Gasteiger partial charge in [0.05, 0.1) is 42.2 Å². The van der Waals surface area contributed by atoms with Crippen LogP contribution < -0.4 is 27.0 Å². The molecule has 0 aliphatic carbocycles. The number of anilines is 2. The maximum atomic E-state index is 12.4. The summed E-state index contributed by atoms with van der Waals surface area (Å²) in [6.07, 6.45) is -0.216. The largest absolute Gasteiger partial charge is 0.481 e. The first kappa shape index (κ1) is 41.7. The van der Waals surface area contributed by atoms with Gasteiger partial charge in [-0.3, -0.25) is 43.3 Å². The van der Waals surface area contributed by atoms with E-state index in [1.54, 1.807) is 48.5 Å². The molecule has 3 atom stereocenters. The smallest absolute Gasteiger partial charge is 0.320 e. The van der Waals surface area contributed by atoms with E-state index in [-0.39, 0.29) is 45.3 Å². The number of carbonyl (C=O) groups is 8. The zero-order valence-corrected chi connectivity index (χ0v) is 29.2. The molecule has 0 saturated carbocycles. The van der Waals surface area contributed by atoms with Gasteiger partial charge in [-0.05, 0) is 67.8 Å². The molecule has 1 saturated heterocycles. The Kier molecular flexibility index (Phi) is 16.5. The Bertz CT molecular complexity index is 1690. The minimum Gasteiger partial charge on any atom is -0.481 e. The summed E-state index contributed by atoms with van der Waals surface area (Å²) < 4.78 is 0. The van der Waals surface area contributed by atoms with E-state index in [1.807, 2.05) is 0 Å². The summed E-state index contributed by atoms with van der Waals surface area (Å²) in [5, 5.41) is 44.6. The van der Waals surface area contributed by atoms with Crippen molar-refractivity contribution in [2.75, 3.05) is 42.6 Å². The maximum Gasteiger partial charge on any atom is 0.320 e. The van der Waals surface area contributed by atoms with Gasteiger partial charge in [-0.15, -0.1) is 11.8 Å². The van der Waals surface area contributed by atoms with Crippen molar-refractivity contribution in [3.63, 3.8) is 0 Å². The van der Waals surface area contributed by atoms with Crippen LogP contribution in [0.4, 0.5) is 22.7 Å². The van der Waals surface area contributed by atoms with Crippen LogP contribution in [-0.2, 0) is 38.4 Å². The molecule has 284 valence electrons. The highest BCUT2D eigenvalue weighted by Gasteiger charge is 2.39. The second kappa shape index (κ2) is 21.0. The molecule has 19 nitrogen and oxygen atoms in total. The number of aliphatic hydroxyl groups excluding tert-OH is 1. The van der Waals surface area contributed by atoms with Crippen LogP contribution in [0.1, 0.15) is 32.1 Å². The summed E-state index contributed by atoms with van der Waals surface area (Å²) in [4.78, 5) is 96.4. The fourth-order valence-electron chi connectivity index (χ4n) is 4.80. The minimum absolute atomic E-state index is 0.0131. The van der Waals surface area contributed by atoms with E-state index >= 15 is 0 Å². The number of nitrogens with zero attached hydrogens (tertiary/aromatic N) is 3. The number of nitrogens with two attached hydrogens (primary N) is 1. The fourth-order valence-corrected chi connectivity index (χ4v) is 5.72. The number of rotatable bonds is 21. The van der Waals surface area contributed by atoms with E-state index in [1.165, 1.54) is 11.8 Å². The van der Waals surface area contributed by atoms with Crippen LogP contribution in [0.25, 0.3) is 0 Å². The van der Waals surface area contributed by atoms with Gasteiger partial charge < -0.3 is 42.3 Å². The first-order chi connectivity index (χ1) is 25.2. The van der Waals surface area contributed by atoms with Crippen LogP contribution in [0, 0.1) is 5.92 Å². The van der Waals surface area contributed by atoms with Gasteiger partial charge in [0.2, 0.25) is 35.4 Å². The number of hydrogen-bond acceptors (Lipinski definition) is 13. The van der Waals surface area contributed by atoms with E-state index in [0.29, 0.717) is 28.5 Å². The third-order valence-electron chi connectivity index (χ3n) is 7.55. The molecule has 20 heteroatoms. The van der Waals surface area contributed by atoms with Gasteiger partial charge in [0.25, 0.3) is 0 Å². The van der Waals surface area contributed by atoms with Crippen LogP contribution >= 0.6 is 11.8 Å². The quantitative estimate of drug-likeness (QED) is 0.0645. The van der Waals surface area contributed by atoms with E-state index in [2.05, 4.69) is 31.5 Å². The molecule has 2 aromatic rings. The van der Waals surface area contributed by atoms with Crippen molar-refractivity contribution < 1.29 is 53.7 Å². The number of carboxylic acids is 2. The molecular formula is C33H40N8O11S. The van der Waals surface area contributed by atoms with Gasteiger partial charge in [-0.2, -0.15) is 10.2 Å². The normalized spacial score (nSPS) is 15.1. The van der Waals surface area contributed by atoms with Crippen molar-refractivity contribution >= 4 is 81.9 Å². The number of imide groups is 1. The first-order valence-electron chi connectivity index (χ1n) is 16.3. The molecule has 0 aromatic heterocycles. The van der Waals surface area contributed by atoms with E-state index < -0.39 is 77.7 Å².